The molecule has 6 nitrogen and oxygen atoms in total. The number of fused-ring (bicyclic) bond motifs is 1. The molecule has 1 aliphatic carbocycles. The number of hydrogen-bond acceptors (Lipinski definition) is 5. The van der Waals surface area contributed by atoms with E-state index >= 15 is 0 Å². The van der Waals surface area contributed by atoms with Gasteiger partial charge >= 0.3 is 11.9 Å². The van der Waals surface area contributed by atoms with Crippen molar-refractivity contribution in [2.45, 2.75) is 25.8 Å². The van der Waals surface area contributed by atoms with Crippen molar-refractivity contribution in [2.75, 3.05) is 14.2 Å². The fourth-order valence-corrected chi connectivity index (χ4v) is 3.15. The van der Waals surface area contributed by atoms with Gasteiger partial charge in [0.1, 0.15) is 5.69 Å². The van der Waals surface area contributed by atoms with Gasteiger partial charge in [0, 0.05) is 24.2 Å². The third-order valence-corrected chi connectivity index (χ3v) is 4.44. The molecule has 0 saturated heterocycles. The molecule has 1 aliphatic rings. The number of nitrogens with zero attached hydrogens (tertiary/aromatic N) is 1. The summed E-state index contributed by atoms with van der Waals surface area (Å²) in [6.45, 7) is 0.425. The van der Waals surface area contributed by atoms with E-state index in [0.717, 1.165) is 24.1 Å². The number of carbonyl (C=O) groups excluding carboxylic acids is 3. The number of carbonyl (C=O) groups is 3. The Bertz CT molecular complexity index is 832. The normalized spacial score (nSPS) is 13.3. The summed E-state index contributed by atoms with van der Waals surface area (Å²) < 4.78 is 11.4. The van der Waals surface area contributed by atoms with Crippen molar-refractivity contribution < 1.29 is 23.9 Å². The molecule has 0 aliphatic heterocycles. The van der Waals surface area contributed by atoms with E-state index in [1.165, 1.54) is 14.2 Å². The van der Waals surface area contributed by atoms with E-state index in [9.17, 15) is 14.4 Å². The highest BCUT2D eigenvalue weighted by Crippen LogP contribution is 2.26. The van der Waals surface area contributed by atoms with Gasteiger partial charge in [0.25, 0.3) is 0 Å². The lowest BCUT2D eigenvalue weighted by atomic mass is 9.96. The average molecular weight is 341 g/mol. The molecular weight excluding hydrogens is 322 g/mol. The average Bonchev–Trinajstić information content (AvgIpc) is 3.01. The van der Waals surface area contributed by atoms with Gasteiger partial charge in [-0.1, -0.05) is 12.1 Å². The predicted octanol–water partition coefficient (Wildman–Crippen LogP) is 2.63. The molecular formula is C19H19NO5. The van der Waals surface area contributed by atoms with Crippen LogP contribution in [0.3, 0.4) is 0 Å². The summed E-state index contributed by atoms with van der Waals surface area (Å²) in [5.41, 5.74) is 3.23. The molecule has 0 bridgehead atoms. The van der Waals surface area contributed by atoms with Gasteiger partial charge < -0.3 is 14.0 Å². The van der Waals surface area contributed by atoms with Crippen molar-refractivity contribution in [3.63, 3.8) is 0 Å². The van der Waals surface area contributed by atoms with Crippen molar-refractivity contribution in [2.24, 2.45) is 0 Å². The highest BCUT2D eigenvalue weighted by molar-refractivity contribution is 6.01. The van der Waals surface area contributed by atoms with Gasteiger partial charge in [-0.15, -0.1) is 0 Å². The minimum absolute atomic E-state index is 0.0613. The molecule has 25 heavy (non-hydrogen) atoms. The van der Waals surface area contributed by atoms with Gasteiger partial charge in [0.05, 0.1) is 19.8 Å². The van der Waals surface area contributed by atoms with Crippen LogP contribution in [0.2, 0.25) is 0 Å². The van der Waals surface area contributed by atoms with Crippen LogP contribution in [0.25, 0.3) is 0 Å². The predicted molar refractivity (Wildman–Crippen MR) is 89.9 cm³/mol. The summed E-state index contributed by atoms with van der Waals surface area (Å²) in [4.78, 5) is 35.8. The number of ether oxygens (including phenoxy) is 2. The van der Waals surface area contributed by atoms with Gasteiger partial charge in [-0.3, -0.25) is 4.79 Å². The third kappa shape index (κ3) is 3.20. The summed E-state index contributed by atoms with van der Waals surface area (Å²) in [6.07, 6.45) is 2.03. The first-order valence-electron chi connectivity index (χ1n) is 8.06. The lowest BCUT2D eigenvalue weighted by Gasteiger charge is -2.16. The van der Waals surface area contributed by atoms with E-state index in [-0.39, 0.29) is 5.78 Å². The van der Waals surface area contributed by atoms with E-state index < -0.39 is 11.9 Å². The zero-order valence-electron chi connectivity index (χ0n) is 14.2. The van der Waals surface area contributed by atoms with Crippen LogP contribution in [0, 0.1) is 0 Å². The van der Waals surface area contributed by atoms with Crippen molar-refractivity contribution in [3.8, 4) is 0 Å². The van der Waals surface area contributed by atoms with Gasteiger partial charge in [-0.05, 0) is 36.6 Å². The smallest absolute Gasteiger partial charge is 0.354 e. The second kappa shape index (κ2) is 6.93. The van der Waals surface area contributed by atoms with Gasteiger partial charge in [-0.25, -0.2) is 9.59 Å². The largest absolute Gasteiger partial charge is 0.465 e. The monoisotopic (exact) mass is 341 g/mol. The zero-order valence-corrected chi connectivity index (χ0v) is 14.2. The quantitative estimate of drug-likeness (QED) is 0.799. The maximum atomic E-state index is 12.2. The van der Waals surface area contributed by atoms with E-state index in [4.69, 9.17) is 9.47 Å². The number of hydrogen-bond donors (Lipinski definition) is 0. The number of Topliss-reactive ketones (excluding diaryl/α,β-unsaturated/α-hetero) is 1. The number of ketones is 1. The summed E-state index contributed by atoms with van der Waals surface area (Å²) in [5, 5.41) is 0. The highest BCUT2D eigenvalue weighted by atomic mass is 16.5. The summed E-state index contributed by atoms with van der Waals surface area (Å²) in [6, 6.07) is 8.61. The van der Waals surface area contributed by atoms with Crippen LogP contribution in [0.1, 0.15) is 55.3 Å². The molecule has 0 saturated carbocycles. The van der Waals surface area contributed by atoms with Gasteiger partial charge in [0.15, 0.2) is 5.78 Å². The van der Waals surface area contributed by atoms with E-state index in [0.29, 0.717) is 29.8 Å². The molecule has 0 atom stereocenters. The van der Waals surface area contributed by atoms with Crippen molar-refractivity contribution >= 4 is 17.7 Å². The fraction of sp³-hybridized carbons (Fsp3) is 0.316. The van der Waals surface area contributed by atoms with Crippen molar-refractivity contribution in [1.82, 2.24) is 4.57 Å². The number of methoxy groups -OCH3 is 2. The third-order valence-electron chi connectivity index (χ3n) is 4.44. The first-order chi connectivity index (χ1) is 12.0. The number of esters is 2. The molecule has 6 heteroatoms. The highest BCUT2D eigenvalue weighted by Gasteiger charge is 2.26. The first kappa shape index (κ1) is 17.0. The second-order valence-corrected chi connectivity index (χ2v) is 5.93. The SMILES string of the molecule is COC(=O)c1ccc(Cn2c(C(=O)OC)cc3c2CCCC3=O)cc1. The van der Waals surface area contributed by atoms with E-state index in [1.807, 2.05) is 16.7 Å². The van der Waals surface area contributed by atoms with E-state index in [1.54, 1.807) is 18.2 Å². The van der Waals surface area contributed by atoms with Crippen LogP contribution < -0.4 is 0 Å². The molecule has 0 spiro atoms. The maximum Gasteiger partial charge on any atom is 0.354 e. The number of rotatable bonds is 4. The van der Waals surface area contributed by atoms with Crippen molar-refractivity contribution in [1.29, 1.82) is 0 Å². The summed E-state index contributed by atoms with van der Waals surface area (Å²) in [7, 11) is 2.66. The summed E-state index contributed by atoms with van der Waals surface area (Å²) in [5.74, 6) is -0.801. The Balaban J connectivity index is 1.97. The molecule has 1 aromatic carbocycles. The summed E-state index contributed by atoms with van der Waals surface area (Å²) >= 11 is 0. The van der Waals surface area contributed by atoms with Crippen molar-refractivity contribution in [3.05, 3.63) is 58.4 Å². The first-order valence-corrected chi connectivity index (χ1v) is 8.06. The number of aromatic nitrogens is 1. The molecule has 3 rings (SSSR count). The Morgan fingerprint density at radius 2 is 1.72 bits per heavy atom. The van der Waals surface area contributed by atoms with E-state index in [2.05, 4.69) is 0 Å². The Morgan fingerprint density at radius 3 is 2.36 bits per heavy atom. The number of benzene rings is 1. The molecule has 130 valence electrons. The minimum Gasteiger partial charge on any atom is -0.465 e. The fourth-order valence-electron chi connectivity index (χ4n) is 3.15. The molecule has 0 fully saturated rings. The van der Waals surface area contributed by atoms with Gasteiger partial charge in [-0.2, -0.15) is 0 Å². The second-order valence-electron chi connectivity index (χ2n) is 5.93. The molecule has 2 aromatic rings. The van der Waals surface area contributed by atoms with Crippen LogP contribution >= 0.6 is 0 Å². The Labute approximate surface area is 145 Å². The molecule has 0 amide bonds. The lowest BCUT2D eigenvalue weighted by Crippen LogP contribution is -2.16. The van der Waals surface area contributed by atoms with Crippen LogP contribution in [0.15, 0.2) is 30.3 Å². The molecule has 1 aromatic heterocycles. The Morgan fingerprint density at radius 1 is 1.04 bits per heavy atom. The van der Waals surface area contributed by atoms with Crippen LogP contribution in [0.4, 0.5) is 0 Å². The Kier molecular flexibility index (Phi) is 4.70. The van der Waals surface area contributed by atoms with Crippen LogP contribution in [-0.4, -0.2) is 36.5 Å². The lowest BCUT2D eigenvalue weighted by molar-refractivity contribution is 0.0584. The topological polar surface area (TPSA) is 74.6 Å². The van der Waals surface area contributed by atoms with Crippen LogP contribution in [-0.2, 0) is 22.4 Å². The van der Waals surface area contributed by atoms with Crippen LogP contribution in [0.5, 0.6) is 0 Å². The van der Waals surface area contributed by atoms with Gasteiger partial charge in [0.2, 0.25) is 0 Å². The minimum atomic E-state index is -0.464. The zero-order chi connectivity index (χ0) is 18.0. The molecule has 0 radical (unpaired) electrons. The molecule has 0 unspecified atom stereocenters. The Hall–Kier alpha value is -2.89. The molecule has 0 N–H and O–H groups in total. The molecule has 1 heterocycles. The standard InChI is InChI=1S/C19H19NO5/c1-24-18(22)13-8-6-12(7-9-13)11-20-15-4-3-5-17(21)14(15)10-16(20)19(23)25-2/h6-10H,3-5,11H2,1-2H3. The maximum absolute atomic E-state index is 12.2.